The van der Waals surface area contributed by atoms with Crippen LogP contribution in [-0.4, -0.2) is 29.1 Å². The van der Waals surface area contributed by atoms with Crippen molar-refractivity contribution in [3.63, 3.8) is 0 Å². The Bertz CT molecular complexity index is 601. The summed E-state index contributed by atoms with van der Waals surface area (Å²) in [6.45, 7) is 5.75. The summed E-state index contributed by atoms with van der Waals surface area (Å²) in [7, 11) is 0. The number of fused-ring (bicyclic) bond motifs is 1. The van der Waals surface area contributed by atoms with Gasteiger partial charge < -0.3 is 10.2 Å². The number of thioether (sulfide) groups is 1. The lowest BCUT2D eigenvalue weighted by Gasteiger charge is -2.17. The van der Waals surface area contributed by atoms with E-state index < -0.39 is 0 Å². The van der Waals surface area contributed by atoms with Crippen LogP contribution in [0.25, 0.3) is 0 Å². The van der Waals surface area contributed by atoms with E-state index in [1.807, 2.05) is 37.5 Å². The molecule has 4 nitrogen and oxygen atoms in total. The van der Waals surface area contributed by atoms with Gasteiger partial charge in [0.2, 0.25) is 5.91 Å². The molecule has 0 atom stereocenters. The summed E-state index contributed by atoms with van der Waals surface area (Å²) in [4.78, 5) is 18.8. The number of nitrogens with zero attached hydrogens (tertiary/aromatic N) is 2. The minimum Gasteiger partial charge on any atom is -0.325 e. The van der Waals surface area contributed by atoms with Gasteiger partial charge in [-0.05, 0) is 30.4 Å². The number of hydrogen-bond acceptors (Lipinski definition) is 4. The van der Waals surface area contributed by atoms with Crippen LogP contribution in [0.3, 0.4) is 0 Å². The van der Waals surface area contributed by atoms with Crippen molar-refractivity contribution < 1.29 is 4.79 Å². The van der Waals surface area contributed by atoms with E-state index in [1.54, 1.807) is 11.8 Å². The zero-order valence-corrected chi connectivity index (χ0v) is 12.5. The van der Waals surface area contributed by atoms with Gasteiger partial charge in [0, 0.05) is 17.9 Å². The first kappa shape index (κ1) is 13.2. The minimum absolute atomic E-state index is 0.0300. The smallest absolute Gasteiger partial charge is 0.230 e. The third-order valence-electron chi connectivity index (χ3n) is 3.54. The maximum Gasteiger partial charge on any atom is 0.230 e. The molecule has 20 heavy (non-hydrogen) atoms. The van der Waals surface area contributed by atoms with Crippen LogP contribution in [0.1, 0.15) is 17.5 Å². The number of rotatable bonds is 3. The first-order valence-corrected chi connectivity index (χ1v) is 7.57. The van der Waals surface area contributed by atoms with Crippen LogP contribution >= 0.6 is 11.8 Å². The molecule has 0 saturated heterocycles. The van der Waals surface area contributed by atoms with Gasteiger partial charge in [0.25, 0.3) is 0 Å². The maximum absolute atomic E-state index is 12.2. The molecule has 1 amide bonds. The number of benzene rings is 1. The van der Waals surface area contributed by atoms with E-state index >= 15 is 0 Å². The molecule has 5 heteroatoms. The molecule has 3 rings (SSSR count). The van der Waals surface area contributed by atoms with Crippen LogP contribution < -0.4 is 5.32 Å². The summed E-state index contributed by atoms with van der Waals surface area (Å²) in [5.74, 6) is 0.0300. The highest BCUT2D eigenvalue weighted by Crippen LogP contribution is 2.31. The average molecular weight is 287 g/mol. The SMILES string of the molecule is Cc1cccc(C)c1NC(=O)CC1=CSC2=NCCN12. The first-order chi connectivity index (χ1) is 9.65. The van der Waals surface area contributed by atoms with Gasteiger partial charge >= 0.3 is 0 Å². The lowest BCUT2D eigenvalue weighted by atomic mass is 10.1. The molecule has 0 saturated carbocycles. The van der Waals surface area contributed by atoms with Gasteiger partial charge in [0.05, 0.1) is 13.0 Å². The molecule has 1 aromatic carbocycles. The normalized spacial score (nSPS) is 16.8. The number of hydrogen-bond donors (Lipinski definition) is 1. The highest BCUT2D eigenvalue weighted by atomic mass is 32.2. The highest BCUT2D eigenvalue weighted by Gasteiger charge is 2.27. The summed E-state index contributed by atoms with van der Waals surface area (Å²) in [5.41, 5.74) is 4.17. The Kier molecular flexibility index (Phi) is 3.53. The molecular formula is C15H17N3OS. The van der Waals surface area contributed by atoms with Gasteiger partial charge in [-0.3, -0.25) is 9.79 Å². The second-order valence-electron chi connectivity index (χ2n) is 5.03. The number of carbonyl (C=O) groups is 1. The van der Waals surface area contributed by atoms with E-state index in [-0.39, 0.29) is 5.91 Å². The number of aryl methyl sites for hydroxylation is 2. The zero-order chi connectivity index (χ0) is 14.1. The number of nitrogens with one attached hydrogen (secondary N) is 1. The highest BCUT2D eigenvalue weighted by molar-refractivity contribution is 8.16. The van der Waals surface area contributed by atoms with Crippen LogP contribution in [0.15, 0.2) is 34.3 Å². The molecule has 1 N–H and O–H groups in total. The first-order valence-electron chi connectivity index (χ1n) is 6.69. The molecule has 104 valence electrons. The van der Waals surface area contributed by atoms with Crippen molar-refractivity contribution in [3.05, 3.63) is 40.4 Å². The van der Waals surface area contributed by atoms with Crippen LogP contribution in [-0.2, 0) is 4.79 Å². The molecule has 0 radical (unpaired) electrons. The predicted octanol–water partition coefficient (Wildman–Crippen LogP) is 2.89. The number of amidine groups is 1. The Morgan fingerprint density at radius 2 is 2.15 bits per heavy atom. The van der Waals surface area contributed by atoms with Crippen molar-refractivity contribution in [2.75, 3.05) is 18.4 Å². The number of amides is 1. The van der Waals surface area contributed by atoms with Crippen molar-refractivity contribution in [1.29, 1.82) is 0 Å². The summed E-state index contributed by atoms with van der Waals surface area (Å²) in [6.07, 6.45) is 0.403. The second-order valence-corrected chi connectivity index (χ2v) is 5.87. The lowest BCUT2D eigenvalue weighted by Crippen LogP contribution is -2.24. The molecule has 2 heterocycles. The van der Waals surface area contributed by atoms with Gasteiger partial charge in [-0.1, -0.05) is 30.0 Å². The Morgan fingerprint density at radius 3 is 2.90 bits per heavy atom. The quantitative estimate of drug-likeness (QED) is 0.929. The molecule has 2 aliphatic heterocycles. The Morgan fingerprint density at radius 1 is 1.40 bits per heavy atom. The van der Waals surface area contributed by atoms with Crippen LogP contribution in [0, 0.1) is 13.8 Å². The monoisotopic (exact) mass is 287 g/mol. The summed E-state index contributed by atoms with van der Waals surface area (Å²) in [6, 6.07) is 6.03. The van der Waals surface area contributed by atoms with Crippen molar-refractivity contribution in [3.8, 4) is 0 Å². The average Bonchev–Trinajstić information content (AvgIpc) is 2.99. The molecule has 0 fully saturated rings. The minimum atomic E-state index is 0.0300. The molecule has 0 aromatic heterocycles. The van der Waals surface area contributed by atoms with E-state index in [2.05, 4.69) is 15.2 Å². The van der Waals surface area contributed by atoms with Crippen molar-refractivity contribution in [2.24, 2.45) is 4.99 Å². The molecule has 0 unspecified atom stereocenters. The second kappa shape index (κ2) is 5.32. The topological polar surface area (TPSA) is 44.7 Å². The third kappa shape index (κ3) is 2.45. The number of carbonyl (C=O) groups excluding carboxylic acids is 1. The Hall–Kier alpha value is -1.75. The van der Waals surface area contributed by atoms with Crippen molar-refractivity contribution >= 4 is 28.5 Å². The van der Waals surface area contributed by atoms with Crippen LogP contribution in [0.5, 0.6) is 0 Å². The lowest BCUT2D eigenvalue weighted by molar-refractivity contribution is -0.115. The Labute approximate surface area is 123 Å². The van der Waals surface area contributed by atoms with E-state index in [4.69, 9.17) is 0 Å². The molecule has 2 aliphatic rings. The number of para-hydroxylation sites is 1. The van der Waals surface area contributed by atoms with Crippen LogP contribution in [0.4, 0.5) is 5.69 Å². The van der Waals surface area contributed by atoms with E-state index in [0.717, 1.165) is 40.8 Å². The fraction of sp³-hybridized carbons (Fsp3) is 0.333. The summed E-state index contributed by atoms with van der Waals surface area (Å²) in [5, 5.41) is 6.09. The fourth-order valence-electron chi connectivity index (χ4n) is 2.48. The number of aliphatic imine (C=N–C) groups is 1. The van der Waals surface area contributed by atoms with Crippen molar-refractivity contribution in [2.45, 2.75) is 20.3 Å². The van der Waals surface area contributed by atoms with Crippen LogP contribution in [0.2, 0.25) is 0 Å². The number of anilines is 1. The zero-order valence-electron chi connectivity index (χ0n) is 11.6. The summed E-state index contributed by atoms with van der Waals surface area (Å²) >= 11 is 1.61. The van der Waals surface area contributed by atoms with Crippen molar-refractivity contribution in [1.82, 2.24) is 4.90 Å². The standard InChI is InChI=1S/C15H17N3OS/c1-10-4-3-5-11(2)14(10)17-13(19)8-12-9-20-15-16-6-7-18(12)15/h3-5,9H,6-8H2,1-2H3,(H,17,19). The summed E-state index contributed by atoms with van der Waals surface area (Å²) < 4.78 is 0. The third-order valence-corrected chi connectivity index (χ3v) is 4.49. The van der Waals surface area contributed by atoms with E-state index in [0.29, 0.717) is 6.42 Å². The molecule has 1 aromatic rings. The van der Waals surface area contributed by atoms with Gasteiger partial charge in [0.1, 0.15) is 0 Å². The van der Waals surface area contributed by atoms with Gasteiger partial charge in [0.15, 0.2) is 5.17 Å². The van der Waals surface area contributed by atoms with Gasteiger partial charge in [-0.15, -0.1) is 0 Å². The molecular weight excluding hydrogens is 270 g/mol. The van der Waals surface area contributed by atoms with E-state index in [9.17, 15) is 4.79 Å². The largest absolute Gasteiger partial charge is 0.325 e. The Balaban J connectivity index is 1.68. The van der Waals surface area contributed by atoms with Gasteiger partial charge in [-0.2, -0.15) is 0 Å². The molecule has 0 bridgehead atoms. The fourth-order valence-corrected chi connectivity index (χ4v) is 3.43. The van der Waals surface area contributed by atoms with E-state index in [1.165, 1.54) is 0 Å². The molecule has 0 aliphatic carbocycles. The molecule has 0 spiro atoms. The predicted molar refractivity (Wildman–Crippen MR) is 83.8 cm³/mol. The maximum atomic E-state index is 12.2. The van der Waals surface area contributed by atoms with Gasteiger partial charge in [-0.25, -0.2) is 0 Å².